The molecule has 0 N–H and O–H groups in total. The third kappa shape index (κ3) is 2.99. The molecule has 3 aromatic carbocycles. The second-order valence-corrected chi connectivity index (χ2v) is 7.90. The van der Waals surface area contributed by atoms with Crippen LogP contribution in [-0.4, -0.2) is 21.1 Å². The van der Waals surface area contributed by atoms with Gasteiger partial charge in [-0.2, -0.15) is 4.98 Å². The van der Waals surface area contributed by atoms with Crippen molar-refractivity contribution in [3.63, 3.8) is 0 Å². The number of halogens is 3. The minimum absolute atomic E-state index is 0.0192. The Bertz CT molecular complexity index is 1620. The Morgan fingerprint density at radius 2 is 1.41 bits per heavy atom. The zero-order valence-electron chi connectivity index (χ0n) is 17.3. The Labute approximate surface area is 189 Å². The Morgan fingerprint density at radius 3 is 2.00 bits per heavy atom. The van der Waals surface area contributed by atoms with E-state index in [-0.39, 0.29) is 38.3 Å². The Kier molecular flexibility index (Phi) is 4.16. The van der Waals surface area contributed by atoms with Crippen LogP contribution in [0.2, 0.25) is 0 Å². The zero-order chi connectivity index (χ0) is 23.6. The minimum atomic E-state index is -4.86. The van der Waals surface area contributed by atoms with Crippen molar-refractivity contribution in [2.24, 2.45) is 0 Å². The maximum Gasteiger partial charge on any atom is 0.490 e. The highest BCUT2D eigenvalue weighted by Crippen LogP contribution is 2.37. The van der Waals surface area contributed by atoms with E-state index in [4.69, 9.17) is 4.42 Å². The molecule has 0 radical (unpaired) electrons. The number of hydrogen-bond acceptors (Lipinski definition) is 4. The molecule has 166 valence electrons. The highest BCUT2D eigenvalue weighted by atomic mass is 19.4. The van der Waals surface area contributed by atoms with Crippen molar-refractivity contribution in [1.82, 2.24) is 9.55 Å². The summed E-state index contributed by atoms with van der Waals surface area (Å²) in [6.45, 7) is 0. The molecule has 5 aromatic rings. The number of alkyl halides is 3. The molecule has 2 aromatic heterocycles. The smallest absolute Gasteiger partial charge is 0.436 e. The summed E-state index contributed by atoms with van der Waals surface area (Å²) in [5, 5.41) is 1.51. The van der Waals surface area contributed by atoms with E-state index in [1.54, 1.807) is 66.7 Å². The zero-order valence-corrected chi connectivity index (χ0v) is 17.3. The maximum atomic E-state index is 14.0. The van der Waals surface area contributed by atoms with E-state index in [1.807, 2.05) is 0 Å². The van der Waals surface area contributed by atoms with Crippen molar-refractivity contribution < 1.29 is 27.2 Å². The molecule has 0 saturated heterocycles. The van der Waals surface area contributed by atoms with E-state index in [0.717, 1.165) is 16.8 Å². The van der Waals surface area contributed by atoms with Crippen LogP contribution < -0.4 is 0 Å². The van der Waals surface area contributed by atoms with Crippen LogP contribution >= 0.6 is 0 Å². The number of rotatable bonds is 2. The van der Waals surface area contributed by atoms with Crippen LogP contribution in [0.25, 0.3) is 39.4 Å². The van der Waals surface area contributed by atoms with E-state index >= 15 is 0 Å². The maximum absolute atomic E-state index is 14.0. The molecule has 1 aliphatic carbocycles. The second kappa shape index (κ2) is 7.02. The lowest BCUT2D eigenvalue weighted by atomic mass is 10.0. The number of carbonyl (C=O) groups excluding carboxylic acids is 2. The predicted molar refractivity (Wildman–Crippen MR) is 119 cm³/mol. The molecule has 0 fully saturated rings. The summed E-state index contributed by atoms with van der Waals surface area (Å²) >= 11 is 0. The van der Waals surface area contributed by atoms with Gasteiger partial charge in [-0.1, -0.05) is 54.6 Å². The van der Waals surface area contributed by atoms with Gasteiger partial charge in [0.2, 0.25) is 5.71 Å². The van der Waals surface area contributed by atoms with E-state index < -0.39 is 23.7 Å². The lowest BCUT2D eigenvalue weighted by Crippen LogP contribution is -2.18. The van der Waals surface area contributed by atoms with Gasteiger partial charge in [-0.25, -0.2) is 4.57 Å². The molecule has 2 heterocycles. The molecular formula is C26H13F3N2O3. The average molecular weight is 458 g/mol. The fourth-order valence-corrected chi connectivity index (χ4v) is 4.27. The van der Waals surface area contributed by atoms with Gasteiger partial charge in [-0.15, -0.1) is 13.2 Å². The van der Waals surface area contributed by atoms with E-state index in [1.165, 1.54) is 6.07 Å². The summed E-state index contributed by atoms with van der Waals surface area (Å²) < 4.78 is 47.7. The van der Waals surface area contributed by atoms with E-state index in [9.17, 15) is 22.8 Å². The molecule has 0 spiro atoms. The molecule has 1 aliphatic rings. The van der Waals surface area contributed by atoms with Crippen LogP contribution in [-0.2, 0) is 6.30 Å². The van der Waals surface area contributed by atoms with Crippen molar-refractivity contribution in [1.29, 1.82) is 0 Å². The van der Waals surface area contributed by atoms with Gasteiger partial charge < -0.3 is 4.42 Å². The van der Waals surface area contributed by atoms with Crippen LogP contribution in [0.3, 0.4) is 0 Å². The molecule has 0 aliphatic heterocycles. The molecule has 0 unspecified atom stereocenters. The summed E-state index contributed by atoms with van der Waals surface area (Å²) in [4.78, 5) is 29.9. The first-order valence-corrected chi connectivity index (χ1v) is 10.3. The summed E-state index contributed by atoms with van der Waals surface area (Å²) in [6.07, 6.45) is -3.97. The van der Waals surface area contributed by atoms with Crippen LogP contribution in [0.5, 0.6) is 0 Å². The Balaban J connectivity index is 1.50. The molecule has 0 bridgehead atoms. The first kappa shape index (κ1) is 20.2. The number of imidazole rings is 1. The number of aromatic nitrogens is 2. The summed E-state index contributed by atoms with van der Waals surface area (Å²) in [6, 6.07) is 20.3. The Hall–Kier alpha value is -4.46. The van der Waals surface area contributed by atoms with Gasteiger partial charge >= 0.3 is 6.30 Å². The predicted octanol–water partition coefficient (Wildman–Crippen LogP) is 6.39. The molecule has 0 saturated carbocycles. The third-order valence-corrected chi connectivity index (χ3v) is 5.83. The van der Waals surface area contributed by atoms with Crippen molar-refractivity contribution in [2.75, 3.05) is 0 Å². The van der Waals surface area contributed by atoms with Crippen LogP contribution in [0.1, 0.15) is 26.5 Å². The molecule has 0 amide bonds. The first-order valence-electron chi connectivity index (χ1n) is 10.3. The van der Waals surface area contributed by atoms with Crippen LogP contribution in [0.15, 0.2) is 82.8 Å². The Morgan fingerprint density at radius 1 is 0.824 bits per heavy atom. The molecule has 0 atom stereocenters. The van der Waals surface area contributed by atoms with Gasteiger partial charge in [0.05, 0.1) is 5.57 Å². The van der Waals surface area contributed by atoms with Gasteiger partial charge in [-0.05, 0) is 29.0 Å². The normalized spacial score (nSPS) is 13.8. The van der Waals surface area contributed by atoms with Crippen molar-refractivity contribution >= 4 is 39.6 Å². The molecule has 8 heteroatoms. The van der Waals surface area contributed by atoms with E-state index in [0.29, 0.717) is 5.56 Å². The number of Topliss-reactive ketones (excluding diaryl/α,β-unsaturated/α-hetero) is 2. The fraction of sp³-hybridized carbons (Fsp3) is 0.0385. The summed E-state index contributed by atoms with van der Waals surface area (Å²) in [5.74, 6) is -1.65. The van der Waals surface area contributed by atoms with E-state index in [2.05, 4.69) is 4.98 Å². The SMILES string of the molecule is O=C1C(=Cc2nc3oc(-c4ccccc4)cc3n2C(F)(F)F)C(=O)c2cc3ccccc3cc21. The molecule has 34 heavy (non-hydrogen) atoms. The highest BCUT2D eigenvalue weighted by molar-refractivity contribution is 6.42. The average Bonchev–Trinajstić information content (AvgIpc) is 3.44. The van der Waals surface area contributed by atoms with Gasteiger partial charge in [-0.3, -0.25) is 9.59 Å². The highest BCUT2D eigenvalue weighted by Gasteiger charge is 2.39. The quantitative estimate of drug-likeness (QED) is 0.227. The number of fused-ring (bicyclic) bond motifs is 3. The van der Waals surface area contributed by atoms with Crippen molar-refractivity contribution in [3.8, 4) is 11.3 Å². The lowest BCUT2D eigenvalue weighted by molar-refractivity contribution is -0.201. The standard InChI is InChI=1S/C26H13F3N2O3/c27-26(28,29)31-20-13-21(14-6-2-1-3-7-14)34-25(20)30-22(31)12-19-23(32)17-10-15-8-4-5-9-16(15)11-18(17)24(19)33/h1-13H. The number of nitrogens with zero attached hydrogens (tertiary/aromatic N) is 2. The van der Waals surface area contributed by atoms with Crippen molar-refractivity contribution in [2.45, 2.75) is 6.30 Å². The fourth-order valence-electron chi connectivity index (χ4n) is 4.27. The molecule has 5 nitrogen and oxygen atoms in total. The number of ketones is 2. The molecule has 6 rings (SSSR count). The largest absolute Gasteiger partial charge is 0.490 e. The number of benzene rings is 3. The van der Waals surface area contributed by atoms with Crippen LogP contribution in [0.4, 0.5) is 13.2 Å². The minimum Gasteiger partial charge on any atom is -0.436 e. The van der Waals surface area contributed by atoms with Crippen molar-refractivity contribution in [3.05, 3.63) is 95.3 Å². The van der Waals surface area contributed by atoms with Gasteiger partial charge in [0, 0.05) is 22.8 Å². The first-order chi connectivity index (χ1) is 16.3. The summed E-state index contributed by atoms with van der Waals surface area (Å²) in [5.41, 5.74) is -0.00158. The lowest BCUT2D eigenvalue weighted by Gasteiger charge is -2.10. The van der Waals surface area contributed by atoms with Gasteiger partial charge in [0.25, 0.3) is 0 Å². The number of allylic oxidation sites excluding steroid dienone is 1. The second-order valence-electron chi connectivity index (χ2n) is 7.90. The van der Waals surface area contributed by atoms with Crippen LogP contribution in [0, 0.1) is 0 Å². The number of furan rings is 1. The monoisotopic (exact) mass is 458 g/mol. The van der Waals surface area contributed by atoms with Gasteiger partial charge in [0.15, 0.2) is 11.6 Å². The summed E-state index contributed by atoms with van der Waals surface area (Å²) in [7, 11) is 0. The third-order valence-electron chi connectivity index (χ3n) is 5.83. The van der Waals surface area contributed by atoms with Gasteiger partial charge in [0.1, 0.15) is 17.1 Å². The molecular weight excluding hydrogens is 445 g/mol. The topological polar surface area (TPSA) is 65.1 Å². The number of carbonyl (C=O) groups is 2. The number of hydrogen-bond donors (Lipinski definition) is 0.